The molecule has 1 aromatic carbocycles. The number of ether oxygens (including phenoxy) is 1. The summed E-state index contributed by atoms with van der Waals surface area (Å²) in [6.07, 6.45) is 0. The number of quaternary nitrogens is 1. The van der Waals surface area contributed by atoms with E-state index in [1.165, 1.54) is 9.80 Å². The second kappa shape index (κ2) is 8.67. The van der Waals surface area contributed by atoms with Crippen LogP contribution in [0.4, 0.5) is 4.79 Å². The van der Waals surface area contributed by atoms with Crippen molar-refractivity contribution >= 4 is 12.0 Å². The van der Waals surface area contributed by atoms with E-state index in [-0.39, 0.29) is 12.0 Å². The highest BCUT2D eigenvalue weighted by atomic mass is 16.5. The molecule has 0 saturated carbocycles. The van der Waals surface area contributed by atoms with Gasteiger partial charge in [0.05, 0.1) is 37.0 Å². The summed E-state index contributed by atoms with van der Waals surface area (Å²) in [4.78, 5) is 28.1. The number of carbonyl (C=O) groups excluding carboxylic acids is 2. The summed E-state index contributed by atoms with van der Waals surface area (Å²) in [6.45, 7) is 8.73. The summed E-state index contributed by atoms with van der Waals surface area (Å²) in [5, 5.41) is 2.93. The average Bonchev–Trinajstić information content (AvgIpc) is 2.63. The van der Waals surface area contributed by atoms with Crippen molar-refractivity contribution in [3.8, 4) is 0 Å². The van der Waals surface area contributed by atoms with E-state index < -0.39 is 6.04 Å². The van der Waals surface area contributed by atoms with E-state index in [4.69, 9.17) is 4.74 Å². The van der Waals surface area contributed by atoms with Crippen LogP contribution in [0, 0.1) is 0 Å². The zero-order valence-corrected chi connectivity index (χ0v) is 15.5. The van der Waals surface area contributed by atoms with E-state index in [2.05, 4.69) is 19.2 Å². The lowest BCUT2D eigenvalue weighted by Gasteiger charge is -2.35. The van der Waals surface area contributed by atoms with Crippen LogP contribution in [0.15, 0.2) is 41.6 Å². The van der Waals surface area contributed by atoms with Gasteiger partial charge in [-0.2, -0.15) is 0 Å². The first-order valence-electron chi connectivity index (χ1n) is 8.86. The molecule has 25 heavy (non-hydrogen) atoms. The van der Waals surface area contributed by atoms with Gasteiger partial charge in [-0.05, 0) is 26.3 Å². The maximum atomic E-state index is 12.7. The first-order valence-corrected chi connectivity index (χ1v) is 8.86. The Hall–Kier alpha value is -2.34. The molecule has 2 N–H and O–H groups in total. The molecule has 0 aromatic heterocycles. The number of rotatable bonds is 7. The van der Waals surface area contributed by atoms with Crippen molar-refractivity contribution in [3.63, 3.8) is 0 Å². The standard InChI is InChI=1S/C19H27N3O3/c1-5-22(6-2)13-15-16(18(23)25-7-3)17(20-19(24)21(15)4)14-11-9-8-10-12-14/h8-12,17H,5-7,13H2,1-4H3,(H,20,24)/p+1/t17-/m1/s1. The lowest BCUT2D eigenvalue weighted by molar-refractivity contribution is -0.892. The average molecular weight is 346 g/mol. The van der Waals surface area contributed by atoms with Crippen LogP contribution < -0.4 is 10.2 Å². The second-order valence-corrected chi connectivity index (χ2v) is 6.07. The molecule has 1 aliphatic rings. The molecular formula is C19H28N3O3+. The van der Waals surface area contributed by atoms with Crippen LogP contribution in [-0.4, -0.2) is 50.2 Å². The smallest absolute Gasteiger partial charge is 0.338 e. The Kier molecular flexibility index (Phi) is 6.58. The van der Waals surface area contributed by atoms with Crippen molar-refractivity contribution in [2.75, 3.05) is 33.3 Å². The van der Waals surface area contributed by atoms with Crippen LogP contribution in [0.25, 0.3) is 0 Å². The van der Waals surface area contributed by atoms with Crippen LogP contribution in [-0.2, 0) is 9.53 Å². The number of nitrogens with zero attached hydrogens (tertiary/aromatic N) is 1. The monoisotopic (exact) mass is 346 g/mol. The molecule has 2 rings (SSSR count). The van der Waals surface area contributed by atoms with Crippen LogP contribution in [0.5, 0.6) is 0 Å². The zero-order chi connectivity index (χ0) is 18.4. The molecule has 136 valence electrons. The molecule has 1 atom stereocenters. The number of esters is 1. The van der Waals surface area contributed by atoms with Gasteiger partial charge in [-0.25, -0.2) is 9.59 Å². The number of benzene rings is 1. The molecular weight excluding hydrogens is 318 g/mol. The number of nitrogens with one attached hydrogen (secondary N) is 2. The highest BCUT2D eigenvalue weighted by Gasteiger charge is 2.37. The van der Waals surface area contributed by atoms with Gasteiger partial charge in [0.25, 0.3) is 0 Å². The van der Waals surface area contributed by atoms with Crippen molar-refractivity contribution in [2.24, 2.45) is 0 Å². The Bertz CT molecular complexity index is 639. The molecule has 1 heterocycles. The minimum absolute atomic E-state index is 0.205. The number of urea groups is 1. The van der Waals surface area contributed by atoms with Crippen LogP contribution in [0.2, 0.25) is 0 Å². The third kappa shape index (κ3) is 4.20. The van der Waals surface area contributed by atoms with E-state index in [1.807, 2.05) is 30.3 Å². The van der Waals surface area contributed by atoms with Gasteiger partial charge in [0.2, 0.25) is 0 Å². The Morgan fingerprint density at radius 2 is 1.84 bits per heavy atom. The summed E-state index contributed by atoms with van der Waals surface area (Å²) in [5.74, 6) is -0.371. The van der Waals surface area contributed by atoms with Crippen LogP contribution in [0.1, 0.15) is 32.4 Å². The van der Waals surface area contributed by atoms with Gasteiger partial charge in [-0.1, -0.05) is 30.3 Å². The van der Waals surface area contributed by atoms with Gasteiger partial charge in [0, 0.05) is 7.05 Å². The van der Waals surface area contributed by atoms with E-state index >= 15 is 0 Å². The third-order valence-electron chi connectivity index (χ3n) is 4.62. The van der Waals surface area contributed by atoms with Gasteiger partial charge in [0.1, 0.15) is 6.54 Å². The number of amides is 2. The fraction of sp³-hybridized carbons (Fsp3) is 0.474. The minimum Gasteiger partial charge on any atom is -0.463 e. The molecule has 0 bridgehead atoms. The van der Waals surface area contributed by atoms with E-state index in [1.54, 1.807) is 14.0 Å². The van der Waals surface area contributed by atoms with Crippen molar-refractivity contribution in [2.45, 2.75) is 26.8 Å². The number of carbonyl (C=O) groups is 2. The normalized spacial score (nSPS) is 17.7. The second-order valence-electron chi connectivity index (χ2n) is 6.07. The Morgan fingerprint density at radius 1 is 1.20 bits per heavy atom. The Labute approximate surface area is 149 Å². The lowest BCUT2D eigenvalue weighted by atomic mass is 9.94. The summed E-state index contributed by atoms with van der Waals surface area (Å²) >= 11 is 0. The summed E-state index contributed by atoms with van der Waals surface area (Å²) < 4.78 is 5.31. The van der Waals surface area contributed by atoms with Crippen LogP contribution in [0.3, 0.4) is 0 Å². The van der Waals surface area contributed by atoms with Crippen molar-refractivity contribution < 1.29 is 19.2 Å². The van der Waals surface area contributed by atoms with Gasteiger partial charge >= 0.3 is 12.0 Å². The molecule has 1 aromatic rings. The van der Waals surface area contributed by atoms with Crippen molar-refractivity contribution in [1.82, 2.24) is 10.2 Å². The molecule has 6 nitrogen and oxygen atoms in total. The minimum atomic E-state index is -0.492. The summed E-state index contributed by atoms with van der Waals surface area (Å²) in [7, 11) is 1.70. The van der Waals surface area contributed by atoms with E-state index in [0.29, 0.717) is 18.7 Å². The summed E-state index contributed by atoms with van der Waals surface area (Å²) in [5.41, 5.74) is 2.13. The fourth-order valence-electron chi connectivity index (χ4n) is 3.05. The maximum Gasteiger partial charge on any atom is 0.338 e. The highest BCUT2D eigenvalue weighted by Crippen LogP contribution is 2.30. The first-order chi connectivity index (χ1) is 12.0. The summed E-state index contributed by atoms with van der Waals surface area (Å²) in [6, 6.07) is 8.84. The number of hydrogen-bond donors (Lipinski definition) is 2. The van der Waals surface area contributed by atoms with Gasteiger partial charge in [-0.3, -0.25) is 4.90 Å². The molecule has 0 saturated heterocycles. The molecule has 0 unspecified atom stereocenters. The predicted molar refractivity (Wildman–Crippen MR) is 96.0 cm³/mol. The Morgan fingerprint density at radius 3 is 2.40 bits per heavy atom. The van der Waals surface area contributed by atoms with E-state index in [0.717, 1.165) is 24.4 Å². The SMILES string of the molecule is CCOC(=O)C1=C(C[NH+](CC)CC)N(C)C(=O)N[C@@H]1c1ccccc1. The molecule has 0 aliphatic carbocycles. The largest absolute Gasteiger partial charge is 0.463 e. The zero-order valence-electron chi connectivity index (χ0n) is 15.5. The third-order valence-corrected chi connectivity index (χ3v) is 4.62. The maximum absolute atomic E-state index is 12.7. The highest BCUT2D eigenvalue weighted by molar-refractivity contribution is 5.95. The topological polar surface area (TPSA) is 63.1 Å². The van der Waals surface area contributed by atoms with Crippen LogP contribution >= 0.6 is 0 Å². The van der Waals surface area contributed by atoms with Crippen molar-refractivity contribution in [1.29, 1.82) is 0 Å². The van der Waals surface area contributed by atoms with Gasteiger partial charge in [0.15, 0.2) is 0 Å². The van der Waals surface area contributed by atoms with Gasteiger partial charge in [-0.15, -0.1) is 0 Å². The fourth-order valence-corrected chi connectivity index (χ4v) is 3.05. The predicted octanol–water partition coefficient (Wildman–Crippen LogP) is 1.12. The molecule has 0 spiro atoms. The Balaban J connectivity index is 2.55. The lowest BCUT2D eigenvalue weighted by Crippen LogP contribution is -3.11. The molecule has 1 aliphatic heterocycles. The van der Waals surface area contributed by atoms with Gasteiger partial charge < -0.3 is 15.0 Å². The molecule has 6 heteroatoms. The quantitative estimate of drug-likeness (QED) is 0.728. The molecule has 0 radical (unpaired) electrons. The number of hydrogen-bond acceptors (Lipinski definition) is 3. The first kappa shape index (κ1) is 19.0. The molecule has 2 amide bonds. The van der Waals surface area contributed by atoms with E-state index in [9.17, 15) is 9.59 Å². The number of likely N-dealkylation sites (N-methyl/N-ethyl adjacent to an activating group) is 2. The van der Waals surface area contributed by atoms with Crippen molar-refractivity contribution in [3.05, 3.63) is 47.2 Å². The molecule has 0 fully saturated rings.